The zero-order valence-corrected chi connectivity index (χ0v) is 29.6. The molecule has 238 valence electrons. The lowest BCUT2D eigenvalue weighted by Crippen LogP contribution is -2.53. The van der Waals surface area contributed by atoms with Crippen molar-refractivity contribution in [3.63, 3.8) is 0 Å². The summed E-state index contributed by atoms with van der Waals surface area (Å²) >= 11 is 0. The van der Waals surface area contributed by atoms with Crippen molar-refractivity contribution in [1.82, 2.24) is 9.80 Å². The molecule has 0 N–H and O–H groups in total. The number of rotatable bonds is 9. The van der Waals surface area contributed by atoms with Crippen LogP contribution in [0, 0.1) is 71.0 Å². The fraction of sp³-hybridized carbons (Fsp3) is 0.800. The molecule has 0 heterocycles. The molecule has 0 aromatic rings. The van der Waals surface area contributed by atoms with E-state index >= 15 is 0 Å². The van der Waals surface area contributed by atoms with Crippen LogP contribution in [0.3, 0.4) is 0 Å². The van der Waals surface area contributed by atoms with E-state index in [0.29, 0.717) is 71.5 Å². The fourth-order valence-corrected chi connectivity index (χ4v) is 8.95. The highest BCUT2D eigenvalue weighted by Gasteiger charge is 2.40. The van der Waals surface area contributed by atoms with E-state index < -0.39 is 0 Å². The summed E-state index contributed by atoms with van der Waals surface area (Å²) in [5.74, 6) is 8.36. The molecule has 16 atom stereocenters. The predicted molar refractivity (Wildman–Crippen MR) is 184 cm³/mol. The SMILES string of the molecule is C[C@H]1[C@H](C)[C@@H](N(CCCCN([C@H]2C=C[C@@H](C)[C@@H](C)[C@@H]2C)[C@H]2C=C[C@@H](C)[C@@H](C)[C@@H]2C)[C@H]2C=C[C@@H](C)[C@@H](C)[C@@H]2C)C=C[C@H]1C. The monoisotopic (exact) mass is 577 g/mol. The van der Waals surface area contributed by atoms with E-state index in [-0.39, 0.29) is 0 Å². The lowest BCUT2D eigenvalue weighted by Gasteiger charge is -2.49. The van der Waals surface area contributed by atoms with Crippen LogP contribution in [-0.4, -0.2) is 47.1 Å². The molecule has 0 saturated heterocycles. The summed E-state index contributed by atoms with van der Waals surface area (Å²) in [5.41, 5.74) is 0. The van der Waals surface area contributed by atoms with Crippen molar-refractivity contribution in [3.05, 3.63) is 48.6 Å². The second-order valence-corrected chi connectivity index (χ2v) is 16.0. The molecule has 0 radical (unpaired) electrons. The summed E-state index contributed by atoms with van der Waals surface area (Å²) in [6.45, 7) is 32.0. The third-order valence-electron chi connectivity index (χ3n) is 13.9. The van der Waals surface area contributed by atoms with Crippen molar-refractivity contribution in [3.8, 4) is 0 Å². The summed E-state index contributed by atoms with van der Waals surface area (Å²) in [4.78, 5) is 5.86. The first kappa shape index (κ1) is 33.8. The first-order valence-corrected chi connectivity index (χ1v) is 18.1. The van der Waals surface area contributed by atoms with Crippen molar-refractivity contribution < 1.29 is 0 Å². The molecule has 0 unspecified atom stereocenters. The molecule has 0 spiro atoms. The van der Waals surface area contributed by atoms with E-state index in [0.717, 1.165) is 23.7 Å². The van der Waals surface area contributed by atoms with Gasteiger partial charge in [0, 0.05) is 24.2 Å². The Kier molecular flexibility index (Phi) is 11.5. The topological polar surface area (TPSA) is 6.48 Å². The van der Waals surface area contributed by atoms with Crippen molar-refractivity contribution in [2.75, 3.05) is 13.1 Å². The number of allylic oxidation sites excluding steroid dienone is 4. The second-order valence-electron chi connectivity index (χ2n) is 16.0. The van der Waals surface area contributed by atoms with Gasteiger partial charge >= 0.3 is 0 Å². The van der Waals surface area contributed by atoms with Gasteiger partial charge in [-0.3, -0.25) is 9.80 Å². The lowest BCUT2D eigenvalue weighted by atomic mass is 9.72. The van der Waals surface area contributed by atoms with Gasteiger partial charge in [-0.2, -0.15) is 0 Å². The Bertz CT molecular complexity index is 826. The second kappa shape index (κ2) is 14.3. The van der Waals surface area contributed by atoms with Crippen molar-refractivity contribution in [2.24, 2.45) is 71.0 Å². The average Bonchev–Trinajstić information content (AvgIpc) is 2.96. The number of unbranched alkanes of at least 4 members (excludes halogenated alkanes) is 1. The van der Waals surface area contributed by atoms with Crippen LogP contribution in [0.25, 0.3) is 0 Å². The van der Waals surface area contributed by atoms with Crippen LogP contribution in [0.1, 0.15) is 95.9 Å². The highest BCUT2D eigenvalue weighted by Crippen LogP contribution is 2.40. The molecule has 2 heteroatoms. The van der Waals surface area contributed by atoms with E-state index in [1.807, 2.05) is 0 Å². The molecular weight excluding hydrogens is 508 g/mol. The highest BCUT2D eigenvalue weighted by atomic mass is 15.2. The average molecular weight is 577 g/mol. The van der Waals surface area contributed by atoms with Gasteiger partial charge in [-0.25, -0.2) is 0 Å². The molecule has 0 fully saturated rings. The minimum Gasteiger partial charge on any atom is -0.290 e. The first-order chi connectivity index (χ1) is 19.8. The number of hydrogen-bond donors (Lipinski definition) is 0. The van der Waals surface area contributed by atoms with Gasteiger partial charge in [0.1, 0.15) is 0 Å². The quantitative estimate of drug-likeness (QED) is 0.199. The van der Waals surface area contributed by atoms with Gasteiger partial charge < -0.3 is 0 Å². The Morgan fingerprint density at radius 3 is 0.738 bits per heavy atom. The van der Waals surface area contributed by atoms with Crippen LogP contribution in [0.4, 0.5) is 0 Å². The van der Waals surface area contributed by atoms with Crippen LogP contribution in [0.2, 0.25) is 0 Å². The van der Waals surface area contributed by atoms with Gasteiger partial charge in [-0.1, -0.05) is 132 Å². The van der Waals surface area contributed by atoms with Crippen molar-refractivity contribution in [1.29, 1.82) is 0 Å². The summed E-state index contributed by atoms with van der Waals surface area (Å²) < 4.78 is 0. The Morgan fingerprint density at radius 2 is 0.524 bits per heavy atom. The maximum atomic E-state index is 2.93. The van der Waals surface area contributed by atoms with Crippen LogP contribution < -0.4 is 0 Å². The predicted octanol–water partition coefficient (Wildman–Crippen LogP) is 9.76. The van der Waals surface area contributed by atoms with Crippen LogP contribution in [0.15, 0.2) is 48.6 Å². The zero-order chi connectivity index (χ0) is 30.9. The van der Waals surface area contributed by atoms with Gasteiger partial charge in [0.2, 0.25) is 0 Å². The van der Waals surface area contributed by atoms with Gasteiger partial charge in [0.15, 0.2) is 0 Å². The molecule has 2 nitrogen and oxygen atoms in total. The summed E-state index contributed by atoms with van der Waals surface area (Å²) in [6.07, 6.45) is 22.9. The lowest BCUT2D eigenvalue weighted by molar-refractivity contribution is 0.0480. The molecule has 0 aromatic heterocycles. The Morgan fingerprint density at radius 1 is 0.310 bits per heavy atom. The number of nitrogens with zero attached hydrogens (tertiary/aromatic N) is 2. The third-order valence-corrected chi connectivity index (χ3v) is 13.9. The van der Waals surface area contributed by atoms with E-state index in [1.165, 1.54) is 25.9 Å². The highest BCUT2D eigenvalue weighted by molar-refractivity contribution is 5.15. The molecule has 42 heavy (non-hydrogen) atoms. The molecule has 4 rings (SSSR count). The van der Waals surface area contributed by atoms with Gasteiger partial charge in [0.25, 0.3) is 0 Å². The molecule has 0 amide bonds. The standard InChI is InChI=1S/C40H68N2/c1-25-15-19-37(33(9)29(25)5)41(38-20-16-26(2)30(6)34(38)10)23-13-14-24-42(39-21-17-27(3)31(7)35(39)11)40-22-18-28(4)32(8)36(40)12/h15-22,25-40H,13-14,23-24H2,1-12H3/t25-,26-,27-,28-,29-,30-,31-,32-,33+,34+,35+,36+,37+,38+,39+,40+/m1/s1. The van der Waals surface area contributed by atoms with Crippen LogP contribution >= 0.6 is 0 Å². The van der Waals surface area contributed by atoms with E-state index in [1.54, 1.807) is 0 Å². The minimum atomic E-state index is 0.539. The van der Waals surface area contributed by atoms with Gasteiger partial charge in [-0.15, -0.1) is 0 Å². The van der Waals surface area contributed by atoms with Crippen LogP contribution in [-0.2, 0) is 0 Å². The van der Waals surface area contributed by atoms with E-state index in [2.05, 4.69) is 141 Å². The third kappa shape index (κ3) is 6.91. The maximum Gasteiger partial charge on any atom is 0.0312 e. The van der Waals surface area contributed by atoms with Gasteiger partial charge in [0.05, 0.1) is 0 Å². The fourth-order valence-electron chi connectivity index (χ4n) is 8.95. The van der Waals surface area contributed by atoms with E-state index in [9.17, 15) is 0 Å². The summed E-state index contributed by atoms with van der Waals surface area (Å²) in [7, 11) is 0. The Balaban J connectivity index is 1.53. The molecular formula is C40H68N2. The normalized spacial score (nSPS) is 47.5. The smallest absolute Gasteiger partial charge is 0.0312 e. The molecule has 0 bridgehead atoms. The van der Waals surface area contributed by atoms with E-state index in [4.69, 9.17) is 0 Å². The molecule has 0 saturated carbocycles. The Labute approximate surface area is 262 Å². The van der Waals surface area contributed by atoms with Gasteiger partial charge in [-0.05, 0) is 96.9 Å². The zero-order valence-electron chi connectivity index (χ0n) is 29.6. The summed E-state index contributed by atoms with van der Waals surface area (Å²) in [5, 5.41) is 0. The van der Waals surface area contributed by atoms with Crippen molar-refractivity contribution >= 4 is 0 Å². The van der Waals surface area contributed by atoms with Crippen molar-refractivity contribution in [2.45, 2.75) is 120 Å². The molecule has 0 aliphatic heterocycles. The molecule has 0 aromatic carbocycles. The van der Waals surface area contributed by atoms with Crippen LogP contribution in [0.5, 0.6) is 0 Å². The largest absolute Gasteiger partial charge is 0.290 e. The maximum absolute atomic E-state index is 2.93. The minimum absolute atomic E-state index is 0.539. The number of hydrogen-bond acceptors (Lipinski definition) is 2. The first-order valence-electron chi connectivity index (χ1n) is 18.1. The summed E-state index contributed by atoms with van der Waals surface area (Å²) in [6, 6.07) is 2.16. The Hall–Kier alpha value is -1.12. The molecule has 4 aliphatic rings. The molecule has 4 aliphatic carbocycles.